The van der Waals surface area contributed by atoms with E-state index < -0.39 is 0 Å². The highest BCUT2D eigenvalue weighted by molar-refractivity contribution is 9.10. The van der Waals surface area contributed by atoms with Gasteiger partial charge in [0, 0.05) is 21.9 Å². The van der Waals surface area contributed by atoms with E-state index in [1.165, 1.54) is 0 Å². The maximum Gasteiger partial charge on any atom is 0.142 e. The zero-order valence-corrected chi connectivity index (χ0v) is 11.6. The largest absolute Gasteiger partial charge is 0.253 e. The first-order valence-corrected chi connectivity index (χ1v) is 7.12. The lowest BCUT2D eigenvalue weighted by molar-refractivity contribution is 0.899. The zero-order valence-electron chi connectivity index (χ0n) is 8.49. The first kappa shape index (κ1) is 12.0. The Hall–Kier alpha value is -0.450. The molecule has 84 valence electrons. The maximum absolute atomic E-state index is 5.65. The number of nitrogens with zero attached hydrogens (tertiary/aromatic N) is 2. The Labute approximate surface area is 112 Å². The summed E-state index contributed by atoms with van der Waals surface area (Å²) in [5.41, 5.74) is 2.02. The summed E-state index contributed by atoms with van der Waals surface area (Å²) in [4.78, 5) is 8.85. The van der Waals surface area contributed by atoms with E-state index in [0.717, 1.165) is 33.7 Å². The van der Waals surface area contributed by atoms with E-state index in [-0.39, 0.29) is 0 Å². The molecule has 2 rings (SSSR count). The number of aryl methyl sites for hydroxylation is 1. The van der Waals surface area contributed by atoms with Gasteiger partial charge in [-0.15, -0.1) is 22.9 Å². The van der Waals surface area contributed by atoms with E-state index in [1.54, 1.807) is 17.5 Å². The van der Waals surface area contributed by atoms with Gasteiger partial charge in [-0.2, -0.15) is 0 Å². The van der Waals surface area contributed by atoms with Crippen molar-refractivity contribution in [2.24, 2.45) is 0 Å². The molecule has 0 bridgehead atoms. The molecule has 0 radical (unpaired) electrons. The molecule has 16 heavy (non-hydrogen) atoms. The van der Waals surface area contributed by atoms with Crippen LogP contribution < -0.4 is 0 Å². The van der Waals surface area contributed by atoms with Crippen LogP contribution in [0.15, 0.2) is 28.2 Å². The lowest BCUT2D eigenvalue weighted by Gasteiger charge is -1.95. The molecule has 0 N–H and O–H groups in total. The highest BCUT2D eigenvalue weighted by Gasteiger charge is 2.05. The van der Waals surface area contributed by atoms with E-state index in [9.17, 15) is 0 Å². The van der Waals surface area contributed by atoms with E-state index in [4.69, 9.17) is 11.6 Å². The molecular weight excluding hydrogens is 308 g/mol. The first-order chi connectivity index (χ1) is 7.79. The van der Waals surface area contributed by atoms with Crippen molar-refractivity contribution in [3.05, 3.63) is 33.9 Å². The Kier molecular flexibility index (Phi) is 4.32. The van der Waals surface area contributed by atoms with Crippen LogP contribution in [0.4, 0.5) is 0 Å². The summed E-state index contributed by atoms with van der Waals surface area (Å²) in [6.07, 6.45) is 3.70. The molecule has 2 aromatic heterocycles. The fourth-order valence-electron chi connectivity index (χ4n) is 1.29. The number of alkyl halides is 1. The van der Waals surface area contributed by atoms with Crippen molar-refractivity contribution in [2.45, 2.75) is 12.8 Å². The summed E-state index contributed by atoms with van der Waals surface area (Å²) in [6, 6.07) is 3.94. The third-order valence-electron chi connectivity index (χ3n) is 2.06. The Morgan fingerprint density at radius 1 is 1.38 bits per heavy atom. The quantitative estimate of drug-likeness (QED) is 0.792. The number of pyridine rings is 1. The summed E-state index contributed by atoms with van der Waals surface area (Å²) in [7, 11) is 0. The van der Waals surface area contributed by atoms with Crippen molar-refractivity contribution in [1.82, 2.24) is 9.97 Å². The van der Waals surface area contributed by atoms with Crippen LogP contribution in [0.5, 0.6) is 0 Å². The molecule has 0 fully saturated rings. The molecular formula is C11H10BrClN2S. The lowest BCUT2D eigenvalue weighted by Crippen LogP contribution is -1.87. The van der Waals surface area contributed by atoms with Crippen LogP contribution in [-0.4, -0.2) is 15.8 Å². The highest BCUT2D eigenvalue weighted by Crippen LogP contribution is 2.23. The Morgan fingerprint density at radius 3 is 2.94 bits per heavy atom. The monoisotopic (exact) mass is 316 g/mol. The van der Waals surface area contributed by atoms with Crippen molar-refractivity contribution < 1.29 is 0 Å². The van der Waals surface area contributed by atoms with Gasteiger partial charge in [0.25, 0.3) is 0 Å². The number of hydrogen-bond acceptors (Lipinski definition) is 3. The van der Waals surface area contributed by atoms with Crippen LogP contribution >= 0.6 is 38.9 Å². The third-order valence-corrected chi connectivity index (χ3v) is 3.71. The van der Waals surface area contributed by atoms with Crippen LogP contribution in [0.3, 0.4) is 0 Å². The number of hydrogen-bond donors (Lipinski definition) is 0. The van der Waals surface area contributed by atoms with Gasteiger partial charge < -0.3 is 0 Å². The first-order valence-electron chi connectivity index (χ1n) is 4.92. The van der Waals surface area contributed by atoms with E-state index in [1.807, 2.05) is 12.1 Å². The molecule has 0 saturated heterocycles. The van der Waals surface area contributed by atoms with Crippen LogP contribution in [0.1, 0.15) is 12.1 Å². The standard InChI is InChI=1S/C11H10BrClN2S/c12-8-3-4-10(14-6-8)11-15-9(7-16-11)2-1-5-13/h3-4,6-7H,1-2,5H2. The van der Waals surface area contributed by atoms with E-state index in [0.29, 0.717) is 5.88 Å². The second-order valence-electron chi connectivity index (χ2n) is 3.30. The predicted molar refractivity (Wildman–Crippen MR) is 72.1 cm³/mol. The predicted octanol–water partition coefficient (Wildman–Crippen LogP) is 4.14. The third kappa shape index (κ3) is 3.03. The molecule has 0 aliphatic heterocycles. The maximum atomic E-state index is 5.65. The van der Waals surface area contributed by atoms with Gasteiger partial charge in [0.15, 0.2) is 0 Å². The fraction of sp³-hybridized carbons (Fsp3) is 0.273. The van der Waals surface area contributed by atoms with Gasteiger partial charge in [-0.25, -0.2) is 4.98 Å². The molecule has 0 spiro atoms. The molecule has 2 nitrogen and oxygen atoms in total. The van der Waals surface area contributed by atoms with Crippen LogP contribution in [-0.2, 0) is 6.42 Å². The average Bonchev–Trinajstić information content (AvgIpc) is 2.76. The zero-order chi connectivity index (χ0) is 11.4. The summed E-state index contributed by atoms with van der Waals surface area (Å²) in [6.45, 7) is 0. The normalized spacial score (nSPS) is 10.6. The molecule has 0 aliphatic carbocycles. The molecule has 0 unspecified atom stereocenters. The molecule has 0 aliphatic rings. The smallest absolute Gasteiger partial charge is 0.142 e. The van der Waals surface area contributed by atoms with Crippen molar-refractivity contribution in [2.75, 3.05) is 5.88 Å². The minimum absolute atomic E-state index is 0.684. The summed E-state index contributed by atoms with van der Waals surface area (Å²) < 4.78 is 0.982. The summed E-state index contributed by atoms with van der Waals surface area (Å²) in [5, 5.41) is 3.04. The topological polar surface area (TPSA) is 25.8 Å². The molecule has 5 heteroatoms. The number of aromatic nitrogens is 2. The van der Waals surface area contributed by atoms with Gasteiger partial charge in [-0.05, 0) is 40.9 Å². The molecule has 0 amide bonds. The average molecular weight is 318 g/mol. The van der Waals surface area contributed by atoms with Crippen molar-refractivity contribution in [3.63, 3.8) is 0 Å². The SMILES string of the molecule is ClCCCc1csc(-c2ccc(Br)cn2)n1. The number of thiazole rings is 1. The summed E-state index contributed by atoms with van der Waals surface area (Å²) >= 11 is 10.6. The van der Waals surface area contributed by atoms with Gasteiger partial charge >= 0.3 is 0 Å². The highest BCUT2D eigenvalue weighted by atomic mass is 79.9. The van der Waals surface area contributed by atoms with Gasteiger partial charge in [-0.3, -0.25) is 4.98 Å². The Bertz CT molecular complexity index is 455. The van der Waals surface area contributed by atoms with Crippen molar-refractivity contribution in [3.8, 4) is 10.7 Å². The molecule has 0 saturated carbocycles. The Morgan fingerprint density at radius 2 is 2.25 bits per heavy atom. The molecule has 0 aromatic carbocycles. The van der Waals surface area contributed by atoms with Gasteiger partial charge in [-0.1, -0.05) is 0 Å². The van der Waals surface area contributed by atoms with Crippen LogP contribution in [0, 0.1) is 0 Å². The minimum atomic E-state index is 0.684. The minimum Gasteiger partial charge on any atom is -0.253 e. The second-order valence-corrected chi connectivity index (χ2v) is 5.45. The summed E-state index contributed by atoms with van der Waals surface area (Å²) in [5.74, 6) is 0.684. The van der Waals surface area contributed by atoms with E-state index >= 15 is 0 Å². The second kappa shape index (κ2) is 5.75. The van der Waals surface area contributed by atoms with Gasteiger partial charge in [0.2, 0.25) is 0 Å². The number of halogens is 2. The molecule has 2 heterocycles. The van der Waals surface area contributed by atoms with E-state index in [2.05, 4.69) is 31.3 Å². The van der Waals surface area contributed by atoms with Gasteiger partial charge in [0.1, 0.15) is 5.01 Å². The number of rotatable bonds is 4. The van der Waals surface area contributed by atoms with Gasteiger partial charge in [0.05, 0.1) is 11.4 Å². The Balaban J connectivity index is 2.15. The lowest BCUT2D eigenvalue weighted by atomic mass is 10.3. The van der Waals surface area contributed by atoms with Crippen LogP contribution in [0.2, 0.25) is 0 Å². The molecule has 2 aromatic rings. The van der Waals surface area contributed by atoms with Crippen molar-refractivity contribution >= 4 is 38.9 Å². The fourth-order valence-corrected chi connectivity index (χ4v) is 2.49. The molecule has 0 atom stereocenters. The van der Waals surface area contributed by atoms with Crippen molar-refractivity contribution in [1.29, 1.82) is 0 Å². The van der Waals surface area contributed by atoms with Crippen LogP contribution in [0.25, 0.3) is 10.7 Å².